The number of anilines is 1. The third-order valence-corrected chi connectivity index (χ3v) is 4.65. The average Bonchev–Trinajstić information content (AvgIpc) is 2.76. The van der Waals surface area contributed by atoms with Gasteiger partial charge >= 0.3 is 0 Å². The van der Waals surface area contributed by atoms with Crippen molar-refractivity contribution in [2.75, 3.05) is 11.4 Å². The number of nitrogens with zero attached hydrogens (tertiary/aromatic N) is 1. The number of hydrogen-bond donors (Lipinski definition) is 1. The molecule has 102 valence electrons. The van der Waals surface area contributed by atoms with Crippen LogP contribution in [0.15, 0.2) is 34.9 Å². The van der Waals surface area contributed by atoms with Crippen LogP contribution >= 0.6 is 24.0 Å². The van der Waals surface area contributed by atoms with Crippen LogP contribution in [0.5, 0.6) is 0 Å². The summed E-state index contributed by atoms with van der Waals surface area (Å²) in [5, 5.41) is 2.68. The molecule has 0 unspecified atom stereocenters. The Hall–Kier alpha value is -1.59. The monoisotopic (exact) mass is 302 g/mol. The van der Waals surface area contributed by atoms with E-state index in [1.54, 1.807) is 0 Å². The number of hydrogen-bond acceptors (Lipinski definition) is 4. The van der Waals surface area contributed by atoms with Gasteiger partial charge in [0.15, 0.2) is 0 Å². The predicted octanol–water partition coefficient (Wildman–Crippen LogP) is 3.21. The largest absolute Gasteiger partial charge is 0.340 e. The summed E-state index contributed by atoms with van der Waals surface area (Å²) in [5.41, 5.74) is 4.49. The van der Waals surface area contributed by atoms with Crippen molar-refractivity contribution in [2.24, 2.45) is 0 Å². The molecule has 1 fully saturated rings. The molecular formula is C15H14N2OS2. The molecule has 2 aliphatic rings. The molecule has 0 bridgehead atoms. The first-order valence-corrected chi connectivity index (χ1v) is 7.67. The third kappa shape index (κ3) is 2.07. The van der Waals surface area contributed by atoms with Crippen LogP contribution in [-0.2, 0) is 4.79 Å². The van der Waals surface area contributed by atoms with Crippen molar-refractivity contribution >= 4 is 46.0 Å². The second-order valence-corrected chi connectivity index (χ2v) is 6.34. The molecule has 1 aromatic carbocycles. The standard InChI is InChI=1S/C15H14N2OS2/c1-3-17-11(13-14(18)16-15(19)20-13)8-7-10-6-4-5-9(2)12(10)17/h4-8H,3H2,1-2H3,(H,16,18,19)/b13-11-. The zero-order valence-electron chi connectivity index (χ0n) is 11.3. The summed E-state index contributed by atoms with van der Waals surface area (Å²) in [5.74, 6) is -0.102. The quantitative estimate of drug-likeness (QED) is 0.638. The minimum atomic E-state index is -0.102. The lowest BCUT2D eigenvalue weighted by molar-refractivity contribution is -0.115. The molecule has 1 amide bonds. The smallest absolute Gasteiger partial charge is 0.265 e. The van der Waals surface area contributed by atoms with Crippen molar-refractivity contribution in [3.05, 3.63) is 46.0 Å². The highest BCUT2D eigenvalue weighted by Crippen LogP contribution is 2.38. The SMILES string of the molecule is CCN1/C(=C2\SC(=S)NC2=O)C=Cc2cccc(C)c21. The Bertz CT molecular complexity index is 676. The molecule has 1 aromatic rings. The van der Waals surface area contributed by atoms with Gasteiger partial charge in [-0.15, -0.1) is 0 Å². The maximum Gasteiger partial charge on any atom is 0.265 e. The normalized spacial score (nSPS) is 21.2. The number of fused-ring (bicyclic) bond motifs is 1. The number of nitrogens with one attached hydrogen (secondary N) is 1. The van der Waals surface area contributed by atoms with Gasteiger partial charge in [0, 0.05) is 6.54 Å². The maximum absolute atomic E-state index is 12.0. The zero-order valence-corrected chi connectivity index (χ0v) is 12.9. The molecule has 0 atom stereocenters. The lowest BCUT2D eigenvalue weighted by Gasteiger charge is -2.31. The number of carbonyl (C=O) groups is 1. The highest BCUT2D eigenvalue weighted by Gasteiger charge is 2.29. The number of likely N-dealkylation sites (N-methyl/N-ethyl adjacent to an activating group) is 1. The number of allylic oxidation sites excluding steroid dienone is 1. The van der Waals surface area contributed by atoms with E-state index in [2.05, 4.69) is 48.3 Å². The summed E-state index contributed by atoms with van der Waals surface area (Å²) >= 11 is 6.41. The Morgan fingerprint density at radius 2 is 2.15 bits per heavy atom. The summed E-state index contributed by atoms with van der Waals surface area (Å²) in [6.07, 6.45) is 4.06. The molecule has 0 spiro atoms. The van der Waals surface area contributed by atoms with E-state index < -0.39 is 0 Å². The van der Waals surface area contributed by atoms with Gasteiger partial charge in [-0.25, -0.2) is 0 Å². The summed E-state index contributed by atoms with van der Waals surface area (Å²) in [6.45, 7) is 4.99. The molecule has 1 saturated heterocycles. The summed E-state index contributed by atoms with van der Waals surface area (Å²) in [7, 11) is 0. The van der Waals surface area contributed by atoms with Crippen LogP contribution < -0.4 is 10.2 Å². The van der Waals surface area contributed by atoms with Crippen molar-refractivity contribution in [1.82, 2.24) is 5.32 Å². The first-order chi connectivity index (χ1) is 9.61. The van der Waals surface area contributed by atoms with Crippen LogP contribution in [0.25, 0.3) is 6.08 Å². The molecule has 1 N–H and O–H groups in total. The first-order valence-electron chi connectivity index (χ1n) is 6.44. The molecule has 3 rings (SSSR count). The van der Waals surface area contributed by atoms with Gasteiger partial charge in [-0.1, -0.05) is 48.3 Å². The number of amides is 1. The van der Waals surface area contributed by atoms with Gasteiger partial charge in [0.2, 0.25) is 0 Å². The lowest BCUT2D eigenvalue weighted by Crippen LogP contribution is -2.27. The van der Waals surface area contributed by atoms with E-state index >= 15 is 0 Å². The number of rotatable bonds is 1. The summed E-state index contributed by atoms with van der Waals surface area (Å²) in [6, 6.07) is 6.24. The van der Waals surface area contributed by atoms with E-state index in [1.807, 2.05) is 6.08 Å². The molecular weight excluding hydrogens is 288 g/mol. The molecule has 0 saturated carbocycles. The second-order valence-electron chi connectivity index (χ2n) is 4.65. The highest BCUT2D eigenvalue weighted by molar-refractivity contribution is 8.26. The van der Waals surface area contributed by atoms with E-state index in [1.165, 1.54) is 28.6 Å². The molecule has 3 nitrogen and oxygen atoms in total. The van der Waals surface area contributed by atoms with Gasteiger partial charge in [-0.2, -0.15) is 0 Å². The van der Waals surface area contributed by atoms with Crippen molar-refractivity contribution in [1.29, 1.82) is 0 Å². The first kappa shape index (κ1) is 13.4. The van der Waals surface area contributed by atoms with Crippen LogP contribution in [-0.4, -0.2) is 16.8 Å². The van der Waals surface area contributed by atoms with Crippen LogP contribution in [0.1, 0.15) is 18.1 Å². The number of carbonyl (C=O) groups excluding carboxylic acids is 1. The fourth-order valence-electron chi connectivity index (χ4n) is 2.57. The Balaban J connectivity index is 2.17. The number of thiocarbonyl (C=S) groups is 1. The topological polar surface area (TPSA) is 32.3 Å². The van der Waals surface area contributed by atoms with Gasteiger partial charge in [-0.3, -0.25) is 4.79 Å². The Labute approximate surface area is 127 Å². The number of thioether (sulfide) groups is 1. The maximum atomic E-state index is 12.0. The minimum absolute atomic E-state index is 0.102. The van der Waals surface area contributed by atoms with Crippen LogP contribution in [0, 0.1) is 6.92 Å². The Morgan fingerprint density at radius 3 is 2.80 bits per heavy atom. The lowest BCUT2D eigenvalue weighted by atomic mass is 10.0. The summed E-state index contributed by atoms with van der Waals surface area (Å²) < 4.78 is 0.525. The van der Waals surface area contributed by atoms with E-state index in [0.717, 1.165) is 12.2 Å². The summed E-state index contributed by atoms with van der Waals surface area (Å²) in [4.78, 5) is 14.9. The van der Waals surface area contributed by atoms with Gasteiger partial charge in [0.25, 0.3) is 5.91 Å². The van der Waals surface area contributed by atoms with Crippen LogP contribution in [0.4, 0.5) is 5.69 Å². The zero-order chi connectivity index (χ0) is 14.3. The Kier molecular flexibility index (Phi) is 3.40. The molecule has 20 heavy (non-hydrogen) atoms. The van der Waals surface area contributed by atoms with Crippen molar-refractivity contribution in [2.45, 2.75) is 13.8 Å². The number of aryl methyl sites for hydroxylation is 1. The third-order valence-electron chi connectivity index (χ3n) is 3.42. The van der Waals surface area contributed by atoms with Crippen molar-refractivity contribution < 1.29 is 4.79 Å². The molecule has 0 aliphatic carbocycles. The van der Waals surface area contributed by atoms with Crippen molar-refractivity contribution in [3.8, 4) is 0 Å². The number of benzene rings is 1. The van der Waals surface area contributed by atoms with Gasteiger partial charge in [0.1, 0.15) is 9.23 Å². The fraction of sp³-hybridized carbons (Fsp3) is 0.200. The molecule has 2 heterocycles. The Morgan fingerprint density at radius 1 is 1.35 bits per heavy atom. The molecule has 0 radical (unpaired) electrons. The van der Waals surface area contributed by atoms with E-state index in [0.29, 0.717) is 9.23 Å². The number of para-hydroxylation sites is 1. The van der Waals surface area contributed by atoms with E-state index in [9.17, 15) is 4.79 Å². The predicted molar refractivity (Wildman–Crippen MR) is 88.6 cm³/mol. The minimum Gasteiger partial charge on any atom is -0.340 e. The fourth-order valence-corrected chi connectivity index (χ4v) is 3.67. The average molecular weight is 302 g/mol. The van der Waals surface area contributed by atoms with Gasteiger partial charge in [-0.05, 0) is 31.1 Å². The molecule has 2 aliphatic heterocycles. The van der Waals surface area contributed by atoms with E-state index in [4.69, 9.17) is 12.2 Å². The highest BCUT2D eigenvalue weighted by atomic mass is 32.2. The molecule has 0 aromatic heterocycles. The van der Waals surface area contributed by atoms with Crippen LogP contribution in [0.3, 0.4) is 0 Å². The van der Waals surface area contributed by atoms with Gasteiger partial charge < -0.3 is 10.2 Å². The van der Waals surface area contributed by atoms with Crippen LogP contribution in [0.2, 0.25) is 0 Å². The van der Waals surface area contributed by atoms with Gasteiger partial charge in [0.05, 0.1) is 11.4 Å². The molecule has 5 heteroatoms. The van der Waals surface area contributed by atoms with E-state index in [-0.39, 0.29) is 5.91 Å². The second kappa shape index (κ2) is 5.07. The van der Waals surface area contributed by atoms with Crippen molar-refractivity contribution in [3.63, 3.8) is 0 Å².